The molecule has 0 rings (SSSR count). The molecule has 0 aromatic heterocycles. The van der Waals surface area contributed by atoms with Crippen LogP contribution in [-0.2, 0) is 4.43 Å². The molecular weight excluding hydrogens is 84.2 g/mol. The molecule has 0 unspecified atom stereocenters. The van der Waals surface area contributed by atoms with E-state index in [9.17, 15) is 0 Å². The minimum absolute atomic E-state index is 0.446. The van der Waals surface area contributed by atoms with Crippen LogP contribution in [0.4, 0.5) is 0 Å². The first-order valence-corrected chi connectivity index (χ1v) is 3.27. The molecule has 0 amide bonds. The van der Waals surface area contributed by atoms with Gasteiger partial charge in [-0.05, 0) is 0 Å². The fraction of sp³-hybridized carbons (Fsp3) is 1.00. The topological polar surface area (TPSA) is 9.23 Å². The Balaban J connectivity index is 1.97. The maximum absolute atomic E-state index is 4.48. The summed E-state index contributed by atoms with van der Waals surface area (Å²) >= 11 is 0. The molecule has 0 atom stereocenters. The van der Waals surface area contributed by atoms with Crippen LogP contribution in [0.3, 0.4) is 0 Å². The van der Waals surface area contributed by atoms with E-state index in [0.717, 1.165) is 0 Å². The van der Waals surface area contributed by atoms with E-state index in [2.05, 4.69) is 14.2 Å². The van der Waals surface area contributed by atoms with Gasteiger partial charge >= 0.3 is 0 Å². The maximum Gasteiger partial charge on any atom is 0.201 e. The molecule has 1 nitrogen and oxygen atoms in total. The van der Waals surface area contributed by atoms with Gasteiger partial charge in [0.25, 0.3) is 0 Å². The van der Waals surface area contributed by atoms with Crippen molar-refractivity contribution < 1.29 is 4.43 Å². The van der Waals surface area contributed by atoms with Gasteiger partial charge in [0.05, 0.1) is 0 Å². The highest BCUT2D eigenvalue weighted by Crippen LogP contribution is 1.39. The van der Waals surface area contributed by atoms with Crippen LogP contribution in [0.5, 0.6) is 0 Å². The van der Waals surface area contributed by atoms with Crippen molar-refractivity contribution in [1.82, 2.24) is 0 Å². The van der Waals surface area contributed by atoms with Crippen LogP contribution in [0.15, 0.2) is 0 Å². The van der Waals surface area contributed by atoms with Gasteiger partial charge in [-0.2, -0.15) is 0 Å². The molecule has 0 bridgehead atoms. The van der Waals surface area contributed by atoms with Gasteiger partial charge in [-0.25, -0.2) is 0 Å². The number of hydrogen-bond acceptors (Lipinski definition) is 1. The zero-order valence-electron chi connectivity index (χ0n) is 2.41. The van der Waals surface area contributed by atoms with Gasteiger partial charge in [0, 0.05) is 16.9 Å². The highest BCUT2D eigenvalue weighted by Gasteiger charge is 1.58. The van der Waals surface area contributed by atoms with Crippen molar-refractivity contribution in [3.05, 3.63) is 0 Å². The molecule has 21 valence electrons. The van der Waals surface area contributed by atoms with Gasteiger partial charge < -0.3 is 4.43 Å². The molecule has 0 aliphatic carbocycles. The second-order valence-corrected chi connectivity index (χ2v) is 1.53. The molecule has 0 heterocycles. The Morgan fingerprint density at radius 2 is 2.25 bits per heavy atom. The average Bonchev–Trinajstić information content (AvgIpc) is 1.37. The normalized spacial score (nSPS) is 7.50. The van der Waals surface area contributed by atoms with Crippen molar-refractivity contribution in [3.63, 3.8) is 0 Å². The van der Waals surface area contributed by atoms with Gasteiger partial charge in [0.15, 0.2) is 0 Å². The first kappa shape index (κ1) is 4.39. The van der Waals surface area contributed by atoms with Crippen LogP contribution in [0.1, 0.15) is 0 Å². The van der Waals surface area contributed by atoms with E-state index in [1.54, 1.807) is 7.11 Å². The molecule has 0 aliphatic heterocycles. The van der Waals surface area contributed by atoms with Gasteiger partial charge in [-0.3, -0.25) is 0 Å². The Hall–Kier alpha value is 0.394. The Morgan fingerprint density at radius 1 is 2.00 bits per heavy atom. The van der Waals surface area contributed by atoms with E-state index in [1.165, 1.54) is 0 Å². The van der Waals surface area contributed by atoms with E-state index >= 15 is 0 Å². The van der Waals surface area contributed by atoms with E-state index in [4.69, 9.17) is 0 Å². The van der Waals surface area contributed by atoms with Gasteiger partial charge in [0.1, 0.15) is 0 Å². The second-order valence-electron chi connectivity index (χ2n) is 0.306. The highest BCUT2D eigenvalue weighted by molar-refractivity contribution is 6.85. The van der Waals surface area contributed by atoms with E-state index < -0.39 is 0 Å². The van der Waals surface area contributed by atoms with Crippen molar-refractivity contribution in [2.75, 3.05) is 7.11 Å². The monoisotopic (exact) mass is 87.0 g/mol. The Kier molecular flexibility index (Phi) is 3.73. The largest absolute Gasteiger partial charge is 0.425 e. The lowest BCUT2D eigenvalue weighted by molar-refractivity contribution is 0.454. The van der Waals surface area contributed by atoms with Crippen molar-refractivity contribution in [2.45, 2.75) is 0 Å². The van der Waals surface area contributed by atoms with Crippen molar-refractivity contribution in [1.29, 1.82) is 0 Å². The summed E-state index contributed by atoms with van der Waals surface area (Å²) in [6.07, 6.45) is 0. The number of rotatable bonds is 1. The summed E-state index contributed by atoms with van der Waals surface area (Å²) in [6, 6.07) is 0. The third-order valence-electron chi connectivity index (χ3n) is 0.102. The standard InChI is InChI=1S/CH3OSi2/c1-2-4-3/h1H3. The van der Waals surface area contributed by atoms with Crippen molar-refractivity contribution >= 4 is 19.0 Å². The van der Waals surface area contributed by atoms with Crippen LogP contribution in [0, 0.1) is 0 Å². The predicted octanol–water partition coefficient (Wildman–Crippen LogP) is -0.665. The summed E-state index contributed by atoms with van der Waals surface area (Å²) in [5.74, 6) is 0. The molecule has 0 saturated carbocycles. The Labute approximate surface area is 31.5 Å². The minimum atomic E-state index is 0.446. The van der Waals surface area contributed by atoms with E-state index in [0.29, 0.717) is 9.28 Å². The third kappa shape index (κ3) is 2.39. The summed E-state index contributed by atoms with van der Waals surface area (Å²) in [6.45, 7) is 0. The lowest BCUT2D eigenvalue weighted by atomic mass is 11.8. The highest BCUT2D eigenvalue weighted by atomic mass is 29.1. The maximum atomic E-state index is 4.48. The second kappa shape index (κ2) is 3.39. The average molecular weight is 87.2 g/mol. The predicted molar refractivity (Wildman–Crippen MR) is 18.5 cm³/mol. The fourth-order valence-electron chi connectivity index (χ4n) is 0. The van der Waals surface area contributed by atoms with Crippen molar-refractivity contribution in [3.8, 4) is 0 Å². The Morgan fingerprint density at radius 3 is 2.25 bits per heavy atom. The number of hydrogen-bond donors (Lipinski definition) is 0. The summed E-state index contributed by atoms with van der Waals surface area (Å²) in [4.78, 5) is 0. The summed E-state index contributed by atoms with van der Waals surface area (Å²) < 4.78 is 4.48. The lowest BCUT2D eigenvalue weighted by Gasteiger charge is -1.73. The zero-order chi connectivity index (χ0) is 3.41. The SMILES string of the molecule is CO[Si][Si]. The molecule has 0 N–H and O–H groups in total. The third-order valence-corrected chi connectivity index (χ3v) is 0.919. The van der Waals surface area contributed by atoms with E-state index in [-0.39, 0.29) is 0 Å². The smallest absolute Gasteiger partial charge is 0.201 e. The van der Waals surface area contributed by atoms with Crippen LogP contribution >= 0.6 is 0 Å². The molecule has 5 radical (unpaired) electrons. The van der Waals surface area contributed by atoms with Gasteiger partial charge in [0.2, 0.25) is 9.28 Å². The van der Waals surface area contributed by atoms with Crippen LogP contribution in [0.25, 0.3) is 0 Å². The molecular formula is CH3OSi2. The first-order valence-electron chi connectivity index (χ1n) is 0.862. The van der Waals surface area contributed by atoms with E-state index in [1.807, 2.05) is 0 Å². The molecule has 3 heteroatoms. The fourth-order valence-corrected chi connectivity index (χ4v) is 0. The zero-order valence-corrected chi connectivity index (χ0v) is 4.41. The molecule has 0 spiro atoms. The molecule has 0 fully saturated rings. The van der Waals surface area contributed by atoms with Crippen molar-refractivity contribution in [2.24, 2.45) is 0 Å². The minimum Gasteiger partial charge on any atom is -0.425 e. The van der Waals surface area contributed by atoms with Gasteiger partial charge in [-0.15, -0.1) is 0 Å². The first-order chi connectivity index (χ1) is 1.91. The van der Waals surface area contributed by atoms with Crippen LogP contribution < -0.4 is 0 Å². The quantitative estimate of drug-likeness (QED) is 0.386. The molecule has 0 aromatic carbocycles. The van der Waals surface area contributed by atoms with Gasteiger partial charge in [-0.1, -0.05) is 0 Å². The van der Waals surface area contributed by atoms with Crippen LogP contribution in [-0.4, -0.2) is 26.2 Å². The summed E-state index contributed by atoms with van der Waals surface area (Å²) in [5, 5.41) is 0. The molecule has 0 saturated heterocycles. The molecule has 0 aromatic rings. The summed E-state index contributed by atoms with van der Waals surface area (Å²) in [7, 11) is 5.18. The molecule has 4 heavy (non-hydrogen) atoms. The Bertz CT molecular complexity index is 8.00. The summed E-state index contributed by atoms with van der Waals surface area (Å²) in [5.41, 5.74) is 0. The lowest BCUT2D eigenvalue weighted by Crippen LogP contribution is -1.88. The molecule has 0 aliphatic rings. The van der Waals surface area contributed by atoms with Crippen LogP contribution in [0.2, 0.25) is 0 Å².